The third kappa shape index (κ3) is 2.99. The molecule has 0 aliphatic heterocycles. The van der Waals surface area contributed by atoms with Gasteiger partial charge >= 0.3 is 0 Å². The average Bonchev–Trinajstić information content (AvgIpc) is 2.61. The quantitative estimate of drug-likeness (QED) is 0.848. The van der Waals surface area contributed by atoms with Crippen LogP contribution in [-0.2, 0) is 5.75 Å². The van der Waals surface area contributed by atoms with E-state index in [1.807, 2.05) is 11.8 Å². The zero-order chi connectivity index (χ0) is 10.7. The molecule has 0 radical (unpaired) electrons. The highest BCUT2D eigenvalue weighted by atomic mass is 32.2. The average molecular weight is 222 g/mol. The first-order valence-corrected chi connectivity index (χ1v) is 6.66. The molecular weight excluding hydrogens is 204 g/mol. The van der Waals surface area contributed by atoms with Crippen LogP contribution in [0.3, 0.4) is 0 Å². The van der Waals surface area contributed by atoms with E-state index in [1.54, 1.807) is 0 Å². The Labute approximate surface area is 95.9 Å². The third-order valence-electron chi connectivity index (χ3n) is 2.96. The number of aliphatic hydroxyl groups excluding tert-OH is 1. The van der Waals surface area contributed by atoms with Crippen LogP contribution in [0.15, 0.2) is 24.3 Å². The molecule has 0 amide bonds. The SMILES string of the molecule is Cc1cccc(CS[C@@H]2CCC[C@H]2O)c1. The van der Waals surface area contributed by atoms with Crippen LogP contribution in [0, 0.1) is 6.92 Å². The van der Waals surface area contributed by atoms with Crippen LogP contribution in [0.1, 0.15) is 30.4 Å². The molecular formula is C13H18OS. The first-order chi connectivity index (χ1) is 7.25. The van der Waals surface area contributed by atoms with Gasteiger partial charge in [-0.25, -0.2) is 0 Å². The molecule has 0 spiro atoms. The number of rotatable bonds is 3. The Morgan fingerprint density at radius 1 is 1.40 bits per heavy atom. The Morgan fingerprint density at radius 3 is 2.93 bits per heavy atom. The highest BCUT2D eigenvalue weighted by Gasteiger charge is 2.25. The molecule has 0 aromatic heterocycles. The van der Waals surface area contributed by atoms with Crippen LogP contribution >= 0.6 is 11.8 Å². The van der Waals surface area contributed by atoms with E-state index in [2.05, 4.69) is 31.2 Å². The minimum absolute atomic E-state index is 0.0696. The molecule has 0 bridgehead atoms. The molecule has 0 heterocycles. The zero-order valence-corrected chi connectivity index (χ0v) is 9.96. The van der Waals surface area contributed by atoms with Crippen LogP contribution in [0.4, 0.5) is 0 Å². The fraction of sp³-hybridized carbons (Fsp3) is 0.538. The summed E-state index contributed by atoms with van der Waals surface area (Å²) in [5.74, 6) is 1.03. The second kappa shape index (κ2) is 5.04. The van der Waals surface area contributed by atoms with Crippen LogP contribution in [0.25, 0.3) is 0 Å². The minimum atomic E-state index is -0.0696. The molecule has 1 saturated carbocycles. The van der Waals surface area contributed by atoms with E-state index in [-0.39, 0.29) is 6.10 Å². The third-order valence-corrected chi connectivity index (χ3v) is 4.44. The number of aliphatic hydroxyl groups is 1. The molecule has 1 aliphatic rings. The molecule has 1 fully saturated rings. The lowest BCUT2D eigenvalue weighted by molar-refractivity contribution is 0.188. The van der Waals surface area contributed by atoms with Crippen molar-refractivity contribution in [3.05, 3.63) is 35.4 Å². The maximum Gasteiger partial charge on any atom is 0.0658 e. The van der Waals surface area contributed by atoms with E-state index in [0.29, 0.717) is 5.25 Å². The normalized spacial score (nSPS) is 25.7. The number of aryl methyl sites for hydroxylation is 1. The second-order valence-corrected chi connectivity index (χ2v) is 5.56. The second-order valence-electron chi connectivity index (χ2n) is 4.34. The van der Waals surface area contributed by atoms with Gasteiger partial charge in [-0.1, -0.05) is 29.8 Å². The van der Waals surface area contributed by atoms with Gasteiger partial charge in [-0.3, -0.25) is 0 Å². The molecule has 1 aromatic carbocycles. The lowest BCUT2D eigenvalue weighted by atomic mass is 10.2. The lowest BCUT2D eigenvalue weighted by Crippen LogP contribution is -2.15. The van der Waals surface area contributed by atoms with E-state index < -0.39 is 0 Å². The van der Waals surface area contributed by atoms with E-state index >= 15 is 0 Å². The van der Waals surface area contributed by atoms with Gasteiger partial charge in [0, 0.05) is 11.0 Å². The number of hydrogen-bond acceptors (Lipinski definition) is 2. The number of hydrogen-bond donors (Lipinski definition) is 1. The molecule has 1 aromatic rings. The maximum atomic E-state index is 9.70. The molecule has 1 N–H and O–H groups in total. The molecule has 1 aliphatic carbocycles. The molecule has 1 nitrogen and oxygen atoms in total. The molecule has 2 rings (SSSR count). The first kappa shape index (κ1) is 11.0. The topological polar surface area (TPSA) is 20.2 Å². The molecule has 15 heavy (non-hydrogen) atoms. The minimum Gasteiger partial charge on any atom is -0.392 e. The fourth-order valence-corrected chi connectivity index (χ4v) is 3.38. The molecule has 0 saturated heterocycles. The van der Waals surface area contributed by atoms with E-state index in [4.69, 9.17) is 0 Å². The van der Waals surface area contributed by atoms with Gasteiger partial charge in [0.1, 0.15) is 0 Å². The first-order valence-electron chi connectivity index (χ1n) is 5.61. The van der Waals surface area contributed by atoms with Crippen molar-refractivity contribution in [2.45, 2.75) is 43.3 Å². The summed E-state index contributed by atoms with van der Waals surface area (Å²) in [4.78, 5) is 0. The summed E-state index contributed by atoms with van der Waals surface area (Å²) in [6.07, 6.45) is 3.29. The highest BCUT2D eigenvalue weighted by molar-refractivity contribution is 7.99. The van der Waals surface area contributed by atoms with Crippen LogP contribution in [0.2, 0.25) is 0 Å². The van der Waals surface area contributed by atoms with Gasteiger partial charge < -0.3 is 5.11 Å². The summed E-state index contributed by atoms with van der Waals surface area (Å²) in [6.45, 7) is 2.12. The summed E-state index contributed by atoms with van der Waals surface area (Å²) >= 11 is 1.90. The Morgan fingerprint density at radius 2 is 2.27 bits per heavy atom. The largest absolute Gasteiger partial charge is 0.392 e. The predicted octanol–water partition coefficient (Wildman–Crippen LogP) is 3.14. The van der Waals surface area contributed by atoms with Crippen molar-refractivity contribution < 1.29 is 5.11 Å². The monoisotopic (exact) mass is 222 g/mol. The molecule has 82 valence electrons. The molecule has 2 atom stereocenters. The number of benzene rings is 1. The van der Waals surface area contributed by atoms with Gasteiger partial charge in [0.2, 0.25) is 0 Å². The smallest absolute Gasteiger partial charge is 0.0658 e. The highest BCUT2D eigenvalue weighted by Crippen LogP contribution is 2.32. The van der Waals surface area contributed by atoms with E-state index in [0.717, 1.165) is 12.2 Å². The van der Waals surface area contributed by atoms with Crippen LogP contribution in [-0.4, -0.2) is 16.5 Å². The fourth-order valence-electron chi connectivity index (χ4n) is 2.11. The Kier molecular flexibility index (Phi) is 3.71. The van der Waals surface area contributed by atoms with Crippen LogP contribution < -0.4 is 0 Å². The maximum absolute atomic E-state index is 9.70. The standard InChI is InChI=1S/C13H18OS/c1-10-4-2-5-11(8-10)9-15-13-7-3-6-12(13)14/h2,4-5,8,12-14H,3,6-7,9H2,1H3/t12-,13-/m1/s1. The van der Waals surface area contributed by atoms with Crippen molar-refractivity contribution in [2.75, 3.05) is 0 Å². The van der Waals surface area contributed by atoms with Gasteiger partial charge in [-0.15, -0.1) is 0 Å². The Bertz CT molecular complexity index is 324. The zero-order valence-electron chi connectivity index (χ0n) is 9.15. The van der Waals surface area contributed by atoms with Crippen molar-refractivity contribution in [3.63, 3.8) is 0 Å². The van der Waals surface area contributed by atoms with Crippen molar-refractivity contribution >= 4 is 11.8 Å². The summed E-state index contributed by atoms with van der Waals surface area (Å²) in [6, 6.07) is 8.63. The van der Waals surface area contributed by atoms with E-state index in [1.165, 1.54) is 24.0 Å². The van der Waals surface area contributed by atoms with Crippen molar-refractivity contribution in [1.82, 2.24) is 0 Å². The van der Waals surface area contributed by atoms with Gasteiger partial charge in [0.15, 0.2) is 0 Å². The van der Waals surface area contributed by atoms with Gasteiger partial charge in [0.05, 0.1) is 6.10 Å². The van der Waals surface area contributed by atoms with Crippen LogP contribution in [0.5, 0.6) is 0 Å². The van der Waals surface area contributed by atoms with Gasteiger partial charge in [-0.2, -0.15) is 11.8 Å². The predicted molar refractivity (Wildman–Crippen MR) is 66.1 cm³/mol. The summed E-state index contributed by atoms with van der Waals surface area (Å²) in [5, 5.41) is 10.2. The van der Waals surface area contributed by atoms with Crippen molar-refractivity contribution in [3.8, 4) is 0 Å². The Hall–Kier alpha value is -0.470. The van der Waals surface area contributed by atoms with E-state index in [9.17, 15) is 5.11 Å². The number of thioether (sulfide) groups is 1. The van der Waals surface area contributed by atoms with Crippen molar-refractivity contribution in [2.24, 2.45) is 0 Å². The molecule has 0 unspecified atom stereocenters. The summed E-state index contributed by atoms with van der Waals surface area (Å²) in [7, 11) is 0. The molecule has 2 heteroatoms. The summed E-state index contributed by atoms with van der Waals surface area (Å²) in [5.41, 5.74) is 2.69. The Balaban J connectivity index is 1.87. The lowest BCUT2D eigenvalue weighted by Gasteiger charge is -2.13. The van der Waals surface area contributed by atoms with Gasteiger partial charge in [0.25, 0.3) is 0 Å². The summed E-state index contributed by atoms with van der Waals surface area (Å²) < 4.78 is 0. The van der Waals surface area contributed by atoms with Crippen molar-refractivity contribution in [1.29, 1.82) is 0 Å². The van der Waals surface area contributed by atoms with Gasteiger partial charge in [-0.05, 0) is 31.7 Å².